The van der Waals surface area contributed by atoms with E-state index in [2.05, 4.69) is 25.8 Å². The molecule has 0 radical (unpaired) electrons. The lowest BCUT2D eigenvalue weighted by atomic mass is 9.97. The summed E-state index contributed by atoms with van der Waals surface area (Å²) in [4.78, 5) is 15.8. The van der Waals surface area contributed by atoms with E-state index in [1.807, 2.05) is 25.3 Å². The molecule has 4 nitrogen and oxygen atoms in total. The Kier molecular flexibility index (Phi) is 3.65. The fourth-order valence-electron chi connectivity index (χ4n) is 1.43. The van der Waals surface area contributed by atoms with Gasteiger partial charge in [0, 0.05) is 12.7 Å². The third-order valence-electron chi connectivity index (χ3n) is 1.90. The summed E-state index contributed by atoms with van der Waals surface area (Å²) in [7, 11) is 0. The van der Waals surface area contributed by atoms with E-state index in [4.69, 9.17) is 4.74 Å². The number of aromatic nitrogens is 2. The lowest BCUT2D eigenvalue weighted by molar-refractivity contribution is 0.00632. The van der Waals surface area contributed by atoms with Gasteiger partial charge in [0.05, 0.1) is 6.33 Å². The van der Waals surface area contributed by atoms with Crippen molar-refractivity contribution in [3.63, 3.8) is 0 Å². The van der Waals surface area contributed by atoms with Crippen LogP contribution in [0.5, 0.6) is 0 Å². The van der Waals surface area contributed by atoms with Crippen LogP contribution in [0.1, 0.15) is 52.0 Å². The zero-order valence-corrected chi connectivity index (χ0v) is 11.6. The molecule has 4 heteroatoms. The van der Waals surface area contributed by atoms with Crippen molar-refractivity contribution in [3.05, 3.63) is 18.2 Å². The maximum absolute atomic E-state index is 11.7. The minimum Gasteiger partial charge on any atom is -0.455 e. The molecule has 1 aromatic heterocycles. The number of imidazole rings is 1. The second kappa shape index (κ2) is 4.51. The van der Waals surface area contributed by atoms with Crippen molar-refractivity contribution in [1.82, 2.24) is 9.55 Å². The summed E-state index contributed by atoms with van der Waals surface area (Å²) in [6.45, 7) is 12.8. The molecule has 0 aliphatic rings. The second-order valence-electron chi connectivity index (χ2n) is 6.49. The number of hydrogen-bond acceptors (Lipinski definition) is 3. The van der Waals surface area contributed by atoms with Gasteiger partial charge in [0.25, 0.3) is 0 Å². The van der Waals surface area contributed by atoms with E-state index >= 15 is 0 Å². The number of esters is 1. The molecule has 1 aromatic rings. The Morgan fingerprint density at radius 1 is 1.29 bits per heavy atom. The summed E-state index contributed by atoms with van der Waals surface area (Å²) in [6.07, 6.45) is 3.41. The third kappa shape index (κ3) is 5.02. The highest BCUT2D eigenvalue weighted by atomic mass is 16.6. The molecule has 0 bridgehead atoms. The molecule has 0 aromatic carbocycles. The van der Waals surface area contributed by atoms with Crippen LogP contribution in [0.4, 0.5) is 0 Å². The van der Waals surface area contributed by atoms with Gasteiger partial charge in [-0.3, -0.25) is 0 Å². The van der Waals surface area contributed by atoms with Gasteiger partial charge < -0.3 is 9.30 Å². The smallest absolute Gasteiger partial charge is 0.359 e. The fraction of sp³-hybridized carbons (Fsp3) is 0.692. The van der Waals surface area contributed by atoms with E-state index in [1.54, 1.807) is 12.5 Å². The molecule has 0 spiro atoms. The van der Waals surface area contributed by atoms with Crippen molar-refractivity contribution in [2.45, 2.75) is 53.7 Å². The van der Waals surface area contributed by atoms with Crippen LogP contribution in [0.3, 0.4) is 0 Å². The van der Waals surface area contributed by atoms with Crippen LogP contribution in [0.25, 0.3) is 0 Å². The van der Waals surface area contributed by atoms with Crippen LogP contribution < -0.4 is 0 Å². The van der Waals surface area contributed by atoms with Crippen molar-refractivity contribution in [2.24, 2.45) is 5.41 Å². The highest BCUT2D eigenvalue weighted by Gasteiger charge is 2.20. The van der Waals surface area contributed by atoms with Crippen LogP contribution in [0.15, 0.2) is 12.5 Å². The predicted octanol–water partition coefficient (Wildman–Crippen LogP) is 2.88. The van der Waals surface area contributed by atoms with Crippen molar-refractivity contribution in [1.29, 1.82) is 0 Å². The standard InChI is InChI=1S/C13H22N2O2/c1-12(2,3)8-15-7-10(14-9-15)11(16)17-13(4,5)6/h7,9H,8H2,1-6H3. The molecule has 0 amide bonds. The van der Waals surface area contributed by atoms with Crippen molar-refractivity contribution in [2.75, 3.05) is 0 Å². The average molecular weight is 238 g/mol. The monoisotopic (exact) mass is 238 g/mol. The SMILES string of the molecule is CC(C)(C)Cn1cnc(C(=O)OC(C)(C)C)c1. The van der Waals surface area contributed by atoms with Gasteiger partial charge in [-0.1, -0.05) is 20.8 Å². The molecule has 0 unspecified atom stereocenters. The highest BCUT2D eigenvalue weighted by Crippen LogP contribution is 2.17. The van der Waals surface area contributed by atoms with E-state index < -0.39 is 5.60 Å². The second-order valence-corrected chi connectivity index (χ2v) is 6.49. The lowest BCUT2D eigenvalue weighted by Crippen LogP contribution is -2.24. The molecule has 96 valence electrons. The maximum Gasteiger partial charge on any atom is 0.359 e. The summed E-state index contributed by atoms with van der Waals surface area (Å²) >= 11 is 0. The van der Waals surface area contributed by atoms with Gasteiger partial charge >= 0.3 is 5.97 Å². The number of nitrogens with zero attached hydrogens (tertiary/aromatic N) is 2. The van der Waals surface area contributed by atoms with E-state index in [-0.39, 0.29) is 11.4 Å². The van der Waals surface area contributed by atoms with Crippen LogP contribution in [-0.4, -0.2) is 21.1 Å². The molecule has 0 saturated carbocycles. The van der Waals surface area contributed by atoms with Gasteiger partial charge in [0.2, 0.25) is 0 Å². The van der Waals surface area contributed by atoms with Crippen molar-refractivity contribution < 1.29 is 9.53 Å². The fourth-order valence-corrected chi connectivity index (χ4v) is 1.43. The summed E-state index contributed by atoms with van der Waals surface area (Å²) in [5.41, 5.74) is 0.0424. The Bertz CT molecular complexity index is 394. The van der Waals surface area contributed by atoms with Gasteiger partial charge in [-0.05, 0) is 26.2 Å². The largest absolute Gasteiger partial charge is 0.455 e. The molecule has 0 N–H and O–H groups in total. The first-order chi connectivity index (χ1) is 7.57. The molecule has 1 rings (SSSR count). The van der Waals surface area contributed by atoms with Gasteiger partial charge in [-0.2, -0.15) is 0 Å². The summed E-state index contributed by atoms with van der Waals surface area (Å²) in [5.74, 6) is -0.370. The molecular formula is C13H22N2O2. The maximum atomic E-state index is 11.7. The molecular weight excluding hydrogens is 216 g/mol. The average Bonchev–Trinajstić information content (AvgIpc) is 2.45. The highest BCUT2D eigenvalue weighted by molar-refractivity contribution is 5.87. The Labute approximate surface area is 103 Å². The normalized spacial score (nSPS) is 12.6. The summed E-state index contributed by atoms with van der Waals surface area (Å²) in [6, 6.07) is 0. The van der Waals surface area contributed by atoms with E-state index in [9.17, 15) is 4.79 Å². The van der Waals surface area contributed by atoms with Gasteiger partial charge in [-0.15, -0.1) is 0 Å². The number of carbonyl (C=O) groups is 1. The minimum atomic E-state index is -0.481. The third-order valence-corrected chi connectivity index (χ3v) is 1.90. The van der Waals surface area contributed by atoms with E-state index in [1.165, 1.54) is 0 Å². The number of hydrogen-bond donors (Lipinski definition) is 0. The van der Waals surface area contributed by atoms with Crippen LogP contribution in [0, 0.1) is 5.41 Å². The Morgan fingerprint density at radius 2 is 1.88 bits per heavy atom. The Hall–Kier alpha value is -1.32. The zero-order chi connectivity index (χ0) is 13.3. The number of rotatable bonds is 2. The van der Waals surface area contributed by atoms with Crippen LogP contribution in [-0.2, 0) is 11.3 Å². The van der Waals surface area contributed by atoms with E-state index in [0.717, 1.165) is 6.54 Å². The zero-order valence-electron chi connectivity index (χ0n) is 11.6. The topological polar surface area (TPSA) is 44.1 Å². The first-order valence-corrected chi connectivity index (χ1v) is 5.82. The van der Waals surface area contributed by atoms with Crippen LogP contribution in [0.2, 0.25) is 0 Å². The number of ether oxygens (including phenoxy) is 1. The van der Waals surface area contributed by atoms with Gasteiger partial charge in [0.1, 0.15) is 5.60 Å². The van der Waals surface area contributed by atoms with Crippen molar-refractivity contribution >= 4 is 5.97 Å². The molecule has 17 heavy (non-hydrogen) atoms. The first-order valence-electron chi connectivity index (χ1n) is 5.82. The van der Waals surface area contributed by atoms with Crippen LogP contribution >= 0.6 is 0 Å². The van der Waals surface area contributed by atoms with Crippen molar-refractivity contribution in [3.8, 4) is 0 Å². The molecule has 0 atom stereocenters. The Morgan fingerprint density at radius 3 is 2.35 bits per heavy atom. The quantitative estimate of drug-likeness (QED) is 0.744. The molecule has 0 fully saturated rings. The molecule has 0 aliphatic carbocycles. The van der Waals surface area contributed by atoms with Gasteiger partial charge in [-0.25, -0.2) is 9.78 Å². The summed E-state index contributed by atoms with van der Waals surface area (Å²) in [5, 5.41) is 0. The predicted molar refractivity (Wildman–Crippen MR) is 66.9 cm³/mol. The molecule has 1 heterocycles. The number of carbonyl (C=O) groups excluding carboxylic acids is 1. The molecule has 0 saturated heterocycles. The first kappa shape index (κ1) is 13.7. The summed E-state index contributed by atoms with van der Waals surface area (Å²) < 4.78 is 7.17. The molecule has 0 aliphatic heterocycles. The van der Waals surface area contributed by atoms with E-state index in [0.29, 0.717) is 5.69 Å². The lowest BCUT2D eigenvalue weighted by Gasteiger charge is -2.19. The van der Waals surface area contributed by atoms with Gasteiger partial charge in [0.15, 0.2) is 5.69 Å². The minimum absolute atomic E-state index is 0.159. The Balaban J connectivity index is 2.72.